The summed E-state index contributed by atoms with van der Waals surface area (Å²) in [6, 6.07) is 14.4. The Morgan fingerprint density at radius 2 is 1.87 bits per heavy atom. The van der Waals surface area contributed by atoms with E-state index in [1.165, 1.54) is 0 Å². The number of oxazole rings is 1. The molecule has 0 fully saturated rings. The second-order valence-electron chi connectivity index (χ2n) is 7.11. The maximum atomic E-state index is 12.1. The van der Waals surface area contributed by atoms with E-state index in [0.29, 0.717) is 35.1 Å². The Morgan fingerprint density at radius 3 is 2.57 bits per heavy atom. The summed E-state index contributed by atoms with van der Waals surface area (Å²) >= 11 is 0. The molecule has 3 aromatic rings. The first-order chi connectivity index (χ1) is 14.5. The molecule has 0 aliphatic heterocycles. The van der Waals surface area contributed by atoms with Crippen LogP contribution in [0.4, 0.5) is 0 Å². The Kier molecular flexibility index (Phi) is 7.08. The average molecular weight is 410 g/mol. The van der Waals surface area contributed by atoms with Gasteiger partial charge >= 0.3 is 0 Å². The van der Waals surface area contributed by atoms with Gasteiger partial charge in [-0.1, -0.05) is 18.2 Å². The molecule has 1 aromatic heterocycles. The number of hydrogen-bond donors (Lipinski definition) is 1. The predicted octanol–water partition coefficient (Wildman–Crippen LogP) is 4.43. The van der Waals surface area contributed by atoms with Gasteiger partial charge in [-0.3, -0.25) is 9.63 Å². The van der Waals surface area contributed by atoms with Crippen molar-refractivity contribution in [2.45, 2.75) is 39.4 Å². The van der Waals surface area contributed by atoms with Crippen LogP contribution in [0.5, 0.6) is 11.5 Å². The highest BCUT2D eigenvalue weighted by Gasteiger charge is 2.15. The summed E-state index contributed by atoms with van der Waals surface area (Å²) in [6.07, 6.45) is 1.79. The van der Waals surface area contributed by atoms with Crippen molar-refractivity contribution in [3.05, 3.63) is 66.1 Å². The molecule has 0 aliphatic carbocycles. The van der Waals surface area contributed by atoms with Gasteiger partial charge in [-0.15, -0.1) is 0 Å². The Labute approximate surface area is 175 Å². The van der Waals surface area contributed by atoms with Gasteiger partial charge in [0, 0.05) is 17.5 Å². The highest BCUT2D eigenvalue weighted by Crippen LogP contribution is 2.33. The van der Waals surface area contributed by atoms with E-state index in [4.69, 9.17) is 18.7 Å². The monoisotopic (exact) mass is 410 g/mol. The standard InChI is InChI=1S/C23H26N2O5/c1-15(2)29-21-13-18(10-11-20(21)27-4)23-24-19(14-28-23)12-16(3)30-25-22(26)17-8-6-5-7-9-17/h5-11,13-16H,12H2,1-4H3,(H,25,26). The van der Waals surface area contributed by atoms with Gasteiger partial charge in [0.25, 0.3) is 5.91 Å². The summed E-state index contributed by atoms with van der Waals surface area (Å²) in [5.74, 6) is 1.46. The van der Waals surface area contributed by atoms with E-state index in [0.717, 1.165) is 5.56 Å². The Balaban J connectivity index is 1.61. The molecule has 1 heterocycles. The van der Waals surface area contributed by atoms with E-state index in [9.17, 15) is 4.79 Å². The Morgan fingerprint density at radius 1 is 1.10 bits per heavy atom. The second-order valence-corrected chi connectivity index (χ2v) is 7.11. The van der Waals surface area contributed by atoms with E-state index >= 15 is 0 Å². The lowest BCUT2D eigenvalue weighted by atomic mass is 10.2. The van der Waals surface area contributed by atoms with Gasteiger partial charge in [0.2, 0.25) is 5.89 Å². The van der Waals surface area contributed by atoms with Crippen molar-refractivity contribution in [2.75, 3.05) is 7.11 Å². The predicted molar refractivity (Wildman–Crippen MR) is 112 cm³/mol. The van der Waals surface area contributed by atoms with Gasteiger partial charge < -0.3 is 13.9 Å². The molecule has 0 bridgehead atoms. The summed E-state index contributed by atoms with van der Waals surface area (Å²) < 4.78 is 16.8. The largest absolute Gasteiger partial charge is 0.493 e. The molecule has 158 valence electrons. The maximum Gasteiger partial charge on any atom is 0.274 e. The van der Waals surface area contributed by atoms with Gasteiger partial charge in [-0.25, -0.2) is 10.5 Å². The smallest absolute Gasteiger partial charge is 0.274 e. The van der Waals surface area contributed by atoms with Crippen molar-refractivity contribution in [1.29, 1.82) is 0 Å². The van der Waals surface area contributed by atoms with Gasteiger partial charge in [-0.05, 0) is 51.1 Å². The highest BCUT2D eigenvalue weighted by atomic mass is 16.7. The van der Waals surface area contributed by atoms with Crippen molar-refractivity contribution in [3.63, 3.8) is 0 Å². The third kappa shape index (κ3) is 5.61. The van der Waals surface area contributed by atoms with Crippen LogP contribution < -0.4 is 15.0 Å². The number of hydroxylamine groups is 1. The fourth-order valence-electron chi connectivity index (χ4n) is 2.83. The molecule has 30 heavy (non-hydrogen) atoms. The first-order valence-electron chi connectivity index (χ1n) is 9.76. The third-order valence-electron chi connectivity index (χ3n) is 4.21. The van der Waals surface area contributed by atoms with E-state index in [-0.39, 0.29) is 18.1 Å². The molecule has 2 aromatic carbocycles. The molecule has 7 heteroatoms. The number of nitrogens with zero attached hydrogens (tertiary/aromatic N) is 1. The SMILES string of the molecule is COc1ccc(-c2nc(CC(C)ONC(=O)c3ccccc3)co2)cc1OC(C)C. The van der Waals surface area contributed by atoms with Crippen LogP contribution in [0.2, 0.25) is 0 Å². The summed E-state index contributed by atoms with van der Waals surface area (Å²) in [5, 5.41) is 0. The van der Waals surface area contributed by atoms with Crippen LogP contribution in [0, 0.1) is 0 Å². The lowest BCUT2D eigenvalue weighted by Crippen LogP contribution is -2.29. The van der Waals surface area contributed by atoms with Crippen LogP contribution in [0.25, 0.3) is 11.5 Å². The molecular weight excluding hydrogens is 384 g/mol. The fourth-order valence-corrected chi connectivity index (χ4v) is 2.83. The number of amides is 1. The summed E-state index contributed by atoms with van der Waals surface area (Å²) in [7, 11) is 1.60. The van der Waals surface area contributed by atoms with Crippen LogP contribution in [0.1, 0.15) is 36.8 Å². The number of hydrogen-bond acceptors (Lipinski definition) is 6. The minimum absolute atomic E-state index is 0.0124. The minimum Gasteiger partial charge on any atom is -0.493 e. The molecule has 3 rings (SSSR count). The molecule has 1 atom stereocenters. The summed E-state index contributed by atoms with van der Waals surface area (Å²) in [4.78, 5) is 22.0. The number of benzene rings is 2. The lowest BCUT2D eigenvalue weighted by Gasteiger charge is -2.14. The number of carbonyl (C=O) groups is 1. The zero-order chi connectivity index (χ0) is 21.5. The molecule has 1 N–H and O–H groups in total. The number of rotatable bonds is 9. The Hall–Kier alpha value is -3.32. The molecule has 0 saturated heterocycles. The molecule has 7 nitrogen and oxygen atoms in total. The first-order valence-corrected chi connectivity index (χ1v) is 9.76. The third-order valence-corrected chi connectivity index (χ3v) is 4.21. The van der Waals surface area contributed by atoms with Crippen molar-refractivity contribution in [2.24, 2.45) is 0 Å². The minimum atomic E-state index is -0.292. The van der Waals surface area contributed by atoms with E-state index < -0.39 is 0 Å². The first kappa shape index (κ1) is 21.4. The van der Waals surface area contributed by atoms with Crippen LogP contribution in [0.15, 0.2) is 59.2 Å². The van der Waals surface area contributed by atoms with Gasteiger partial charge in [-0.2, -0.15) is 0 Å². The molecule has 0 radical (unpaired) electrons. The maximum absolute atomic E-state index is 12.1. The molecule has 0 aliphatic rings. The summed E-state index contributed by atoms with van der Waals surface area (Å²) in [6.45, 7) is 5.75. The molecule has 0 spiro atoms. The quantitative estimate of drug-likeness (QED) is 0.526. The zero-order valence-electron chi connectivity index (χ0n) is 17.5. The zero-order valence-corrected chi connectivity index (χ0v) is 17.5. The van der Waals surface area contributed by atoms with Crippen molar-refractivity contribution in [1.82, 2.24) is 10.5 Å². The van der Waals surface area contributed by atoms with E-state index in [2.05, 4.69) is 10.5 Å². The Bertz CT molecular complexity index is 969. The van der Waals surface area contributed by atoms with Crippen molar-refractivity contribution < 1.29 is 23.5 Å². The van der Waals surface area contributed by atoms with Gasteiger partial charge in [0.1, 0.15) is 6.26 Å². The summed E-state index contributed by atoms with van der Waals surface area (Å²) in [5.41, 5.74) is 4.50. The second kappa shape index (κ2) is 9.93. The highest BCUT2D eigenvalue weighted by molar-refractivity contribution is 5.93. The van der Waals surface area contributed by atoms with Crippen LogP contribution >= 0.6 is 0 Å². The number of aromatic nitrogens is 1. The number of methoxy groups -OCH3 is 1. The van der Waals surface area contributed by atoms with Crippen LogP contribution in [0.3, 0.4) is 0 Å². The average Bonchev–Trinajstić information content (AvgIpc) is 3.20. The van der Waals surface area contributed by atoms with Crippen molar-refractivity contribution >= 4 is 5.91 Å². The van der Waals surface area contributed by atoms with Gasteiger partial charge in [0.15, 0.2) is 11.5 Å². The number of nitrogens with one attached hydrogen (secondary N) is 1. The van der Waals surface area contributed by atoms with Crippen molar-refractivity contribution in [3.8, 4) is 23.0 Å². The molecule has 1 amide bonds. The fraction of sp³-hybridized carbons (Fsp3) is 0.304. The topological polar surface area (TPSA) is 82.8 Å². The molecule has 0 saturated carbocycles. The molecular formula is C23H26N2O5. The number of carbonyl (C=O) groups excluding carboxylic acids is 1. The van der Waals surface area contributed by atoms with Gasteiger partial charge in [0.05, 0.1) is 25.0 Å². The van der Waals surface area contributed by atoms with Crippen LogP contribution in [-0.2, 0) is 11.3 Å². The molecule has 1 unspecified atom stereocenters. The number of ether oxygens (including phenoxy) is 2. The lowest BCUT2D eigenvalue weighted by molar-refractivity contribution is -0.00770. The normalized spacial score (nSPS) is 11.9. The van der Waals surface area contributed by atoms with E-state index in [1.54, 1.807) is 37.6 Å². The van der Waals surface area contributed by atoms with Crippen LogP contribution in [-0.4, -0.2) is 30.2 Å². The van der Waals surface area contributed by atoms with E-state index in [1.807, 2.05) is 45.0 Å².